The van der Waals surface area contributed by atoms with Crippen LogP contribution in [0.4, 0.5) is 13.2 Å². The van der Waals surface area contributed by atoms with Gasteiger partial charge in [-0.1, -0.05) is 44.4 Å². The maximum atomic E-state index is 12.8. The van der Waals surface area contributed by atoms with E-state index >= 15 is 0 Å². The summed E-state index contributed by atoms with van der Waals surface area (Å²) in [6, 6.07) is 5.24. The number of amides is 1. The van der Waals surface area contributed by atoms with Crippen LogP contribution in [0.3, 0.4) is 0 Å². The SMILES string of the molecule is C[C@@H](c1cccc(C(F)(F)F)c1)C1(C(N)=O)CCCCC1. The van der Waals surface area contributed by atoms with Gasteiger partial charge in [-0.2, -0.15) is 13.2 Å². The molecule has 5 heteroatoms. The molecule has 1 saturated carbocycles. The van der Waals surface area contributed by atoms with Crippen LogP contribution in [0.2, 0.25) is 0 Å². The number of hydrogen-bond acceptors (Lipinski definition) is 1. The molecule has 21 heavy (non-hydrogen) atoms. The molecule has 1 amide bonds. The van der Waals surface area contributed by atoms with E-state index in [0.717, 1.165) is 31.4 Å². The third kappa shape index (κ3) is 3.06. The van der Waals surface area contributed by atoms with Gasteiger partial charge < -0.3 is 5.73 Å². The van der Waals surface area contributed by atoms with Gasteiger partial charge in [0.2, 0.25) is 5.91 Å². The summed E-state index contributed by atoms with van der Waals surface area (Å²) in [6.07, 6.45) is -0.232. The van der Waals surface area contributed by atoms with Crippen LogP contribution in [0.5, 0.6) is 0 Å². The van der Waals surface area contributed by atoms with Gasteiger partial charge in [-0.05, 0) is 30.4 Å². The maximum absolute atomic E-state index is 12.8. The molecule has 2 N–H and O–H groups in total. The van der Waals surface area contributed by atoms with E-state index in [9.17, 15) is 18.0 Å². The first-order valence-corrected chi connectivity index (χ1v) is 7.24. The van der Waals surface area contributed by atoms with Crippen LogP contribution < -0.4 is 5.73 Å². The van der Waals surface area contributed by atoms with E-state index in [1.807, 2.05) is 6.92 Å². The highest BCUT2D eigenvalue weighted by Crippen LogP contribution is 2.47. The third-order valence-electron chi connectivity index (χ3n) is 4.78. The Morgan fingerprint density at radius 2 is 1.86 bits per heavy atom. The van der Waals surface area contributed by atoms with Crippen LogP contribution >= 0.6 is 0 Å². The second-order valence-electron chi connectivity index (χ2n) is 5.93. The summed E-state index contributed by atoms with van der Waals surface area (Å²) >= 11 is 0. The lowest BCUT2D eigenvalue weighted by Crippen LogP contribution is -2.42. The molecule has 1 fully saturated rings. The van der Waals surface area contributed by atoms with Gasteiger partial charge in [-0.25, -0.2) is 0 Å². The van der Waals surface area contributed by atoms with Gasteiger partial charge in [0.15, 0.2) is 0 Å². The van der Waals surface area contributed by atoms with Gasteiger partial charge in [0.1, 0.15) is 0 Å². The predicted octanol–water partition coefficient (Wildman–Crippen LogP) is 4.24. The van der Waals surface area contributed by atoms with Gasteiger partial charge in [-0.3, -0.25) is 4.79 Å². The average Bonchev–Trinajstić information content (AvgIpc) is 2.46. The zero-order chi connectivity index (χ0) is 15.7. The second kappa shape index (κ2) is 5.70. The van der Waals surface area contributed by atoms with Crippen molar-refractivity contribution in [3.05, 3.63) is 35.4 Å². The molecule has 1 aromatic rings. The Balaban J connectivity index is 2.37. The molecule has 1 aliphatic rings. The second-order valence-corrected chi connectivity index (χ2v) is 5.93. The van der Waals surface area contributed by atoms with Crippen molar-refractivity contribution >= 4 is 5.91 Å². The number of benzene rings is 1. The summed E-state index contributed by atoms with van der Waals surface area (Å²) in [6.45, 7) is 1.81. The quantitative estimate of drug-likeness (QED) is 0.891. The van der Waals surface area contributed by atoms with Crippen molar-refractivity contribution in [3.63, 3.8) is 0 Å². The van der Waals surface area contributed by atoms with E-state index in [2.05, 4.69) is 0 Å². The van der Waals surface area contributed by atoms with Crippen molar-refractivity contribution in [1.82, 2.24) is 0 Å². The van der Waals surface area contributed by atoms with Gasteiger partial charge >= 0.3 is 6.18 Å². The van der Waals surface area contributed by atoms with Crippen LogP contribution in [-0.4, -0.2) is 5.91 Å². The summed E-state index contributed by atoms with van der Waals surface area (Å²) in [5, 5.41) is 0. The summed E-state index contributed by atoms with van der Waals surface area (Å²) in [7, 11) is 0. The van der Waals surface area contributed by atoms with Crippen LogP contribution in [0, 0.1) is 5.41 Å². The van der Waals surface area contributed by atoms with E-state index in [0.29, 0.717) is 18.4 Å². The first-order chi connectivity index (χ1) is 9.77. The van der Waals surface area contributed by atoms with Crippen molar-refractivity contribution in [2.75, 3.05) is 0 Å². The van der Waals surface area contributed by atoms with Crippen LogP contribution in [0.1, 0.15) is 56.1 Å². The molecule has 0 aromatic heterocycles. The zero-order valence-electron chi connectivity index (χ0n) is 12.0. The molecule has 0 saturated heterocycles. The Morgan fingerprint density at radius 1 is 1.24 bits per heavy atom. The molecular formula is C16H20F3NO. The molecule has 0 radical (unpaired) electrons. The van der Waals surface area contributed by atoms with Crippen molar-refractivity contribution in [3.8, 4) is 0 Å². The highest BCUT2D eigenvalue weighted by Gasteiger charge is 2.43. The molecule has 2 nitrogen and oxygen atoms in total. The standard InChI is InChI=1S/C16H20F3NO/c1-11(15(14(20)21)8-3-2-4-9-15)12-6-5-7-13(10-12)16(17,18)19/h5-7,10-11H,2-4,8-9H2,1H3,(H2,20,21)/t11-/m0/s1. The largest absolute Gasteiger partial charge is 0.416 e. The highest BCUT2D eigenvalue weighted by atomic mass is 19.4. The minimum Gasteiger partial charge on any atom is -0.369 e. The average molecular weight is 299 g/mol. The summed E-state index contributed by atoms with van der Waals surface area (Å²) < 4.78 is 38.5. The van der Waals surface area contributed by atoms with Crippen molar-refractivity contribution in [2.45, 2.75) is 51.1 Å². The Morgan fingerprint density at radius 3 is 2.38 bits per heavy atom. The molecular weight excluding hydrogens is 279 g/mol. The van der Waals surface area contributed by atoms with Crippen molar-refractivity contribution in [2.24, 2.45) is 11.1 Å². The van der Waals surface area contributed by atoms with Gasteiger partial charge in [0.05, 0.1) is 11.0 Å². The molecule has 0 unspecified atom stereocenters. The lowest BCUT2D eigenvalue weighted by molar-refractivity contribution is -0.137. The lowest BCUT2D eigenvalue weighted by Gasteiger charge is -2.39. The maximum Gasteiger partial charge on any atom is 0.416 e. The first-order valence-electron chi connectivity index (χ1n) is 7.24. The van der Waals surface area contributed by atoms with Gasteiger partial charge in [0, 0.05) is 0 Å². The topological polar surface area (TPSA) is 43.1 Å². The summed E-state index contributed by atoms with van der Waals surface area (Å²) in [4.78, 5) is 12.0. The highest BCUT2D eigenvalue weighted by molar-refractivity contribution is 5.82. The van der Waals surface area contributed by atoms with Crippen molar-refractivity contribution in [1.29, 1.82) is 0 Å². The lowest BCUT2D eigenvalue weighted by atomic mass is 9.64. The van der Waals surface area contributed by atoms with E-state index in [1.165, 1.54) is 6.07 Å². The molecule has 1 aromatic carbocycles. The Kier molecular flexibility index (Phi) is 4.30. The molecule has 1 atom stereocenters. The number of halogens is 3. The van der Waals surface area contributed by atoms with Crippen LogP contribution in [-0.2, 0) is 11.0 Å². The minimum absolute atomic E-state index is 0.308. The van der Waals surface area contributed by atoms with E-state index < -0.39 is 23.1 Å². The fourth-order valence-corrected chi connectivity index (χ4v) is 3.38. The molecule has 0 heterocycles. The van der Waals surface area contributed by atoms with Crippen LogP contribution in [0.15, 0.2) is 24.3 Å². The van der Waals surface area contributed by atoms with E-state index in [-0.39, 0.29) is 5.92 Å². The van der Waals surface area contributed by atoms with Crippen molar-refractivity contribution < 1.29 is 18.0 Å². The number of carbonyl (C=O) groups is 1. The number of hydrogen-bond donors (Lipinski definition) is 1. The molecule has 116 valence electrons. The monoisotopic (exact) mass is 299 g/mol. The fraction of sp³-hybridized carbons (Fsp3) is 0.562. The predicted molar refractivity (Wildman–Crippen MR) is 74.6 cm³/mol. The zero-order valence-corrected chi connectivity index (χ0v) is 12.0. The molecule has 0 aliphatic heterocycles. The number of carbonyl (C=O) groups excluding carboxylic acids is 1. The van der Waals surface area contributed by atoms with Gasteiger partial charge in [-0.15, -0.1) is 0 Å². The molecule has 0 bridgehead atoms. The number of alkyl halides is 3. The third-order valence-corrected chi connectivity index (χ3v) is 4.78. The number of primary amides is 1. The molecule has 1 aliphatic carbocycles. The molecule has 0 spiro atoms. The van der Waals surface area contributed by atoms with E-state index in [1.54, 1.807) is 6.07 Å². The number of rotatable bonds is 3. The number of nitrogens with two attached hydrogens (primary N) is 1. The Labute approximate surface area is 122 Å². The summed E-state index contributed by atoms with van der Waals surface area (Å²) in [5.74, 6) is -0.704. The van der Waals surface area contributed by atoms with Gasteiger partial charge in [0.25, 0.3) is 0 Å². The Hall–Kier alpha value is -1.52. The van der Waals surface area contributed by atoms with Crippen LogP contribution in [0.25, 0.3) is 0 Å². The smallest absolute Gasteiger partial charge is 0.369 e. The Bertz CT molecular complexity index is 518. The minimum atomic E-state index is -4.37. The first kappa shape index (κ1) is 15.9. The fourth-order valence-electron chi connectivity index (χ4n) is 3.38. The summed E-state index contributed by atoms with van der Waals surface area (Å²) in [5.41, 5.74) is 4.74. The van der Waals surface area contributed by atoms with E-state index in [4.69, 9.17) is 5.73 Å². The molecule has 2 rings (SSSR count). The normalized spacial score (nSPS) is 20.0.